The minimum Gasteiger partial charge on any atom is -0.504 e. The fraction of sp³-hybridized carbons (Fsp3) is 0.538. The molecular weight excluding hydrogens is 266 g/mol. The highest BCUT2D eigenvalue weighted by Crippen LogP contribution is 2.29. The highest BCUT2D eigenvalue weighted by Gasteiger charge is 2.28. The molecule has 0 aromatic heterocycles. The van der Waals surface area contributed by atoms with Crippen molar-refractivity contribution in [3.63, 3.8) is 0 Å². The van der Waals surface area contributed by atoms with Crippen molar-refractivity contribution >= 4 is 9.84 Å². The maximum atomic E-state index is 11.4. The zero-order valence-electron chi connectivity index (χ0n) is 11.1. The summed E-state index contributed by atoms with van der Waals surface area (Å²) in [6, 6.07) is 5.15. The first-order chi connectivity index (χ1) is 8.91. The third-order valence-electron chi connectivity index (χ3n) is 3.42. The summed E-state index contributed by atoms with van der Waals surface area (Å²) in [4.78, 5) is 0. The molecule has 2 N–H and O–H groups in total. The van der Waals surface area contributed by atoms with Crippen molar-refractivity contribution < 1.29 is 18.3 Å². The van der Waals surface area contributed by atoms with Crippen molar-refractivity contribution in [1.82, 2.24) is 5.32 Å². The van der Waals surface area contributed by atoms with Crippen LogP contribution in [0.1, 0.15) is 24.9 Å². The zero-order chi connectivity index (χ0) is 14.0. The Hall–Kier alpha value is -1.27. The normalized spacial score (nSPS) is 23.2. The fourth-order valence-corrected chi connectivity index (χ4v) is 4.03. The van der Waals surface area contributed by atoms with Gasteiger partial charge in [-0.3, -0.25) is 0 Å². The van der Waals surface area contributed by atoms with Gasteiger partial charge in [0, 0.05) is 12.1 Å². The molecule has 6 heteroatoms. The average molecular weight is 285 g/mol. The van der Waals surface area contributed by atoms with Gasteiger partial charge < -0.3 is 15.2 Å². The molecule has 106 valence electrons. The third kappa shape index (κ3) is 3.39. The van der Waals surface area contributed by atoms with Crippen molar-refractivity contribution in [3.05, 3.63) is 23.8 Å². The van der Waals surface area contributed by atoms with Gasteiger partial charge in [0.25, 0.3) is 0 Å². The molecule has 1 aromatic carbocycles. The lowest BCUT2D eigenvalue weighted by molar-refractivity contribution is 0.371. The Bertz CT molecular complexity index is 556. The molecule has 1 fully saturated rings. The molecule has 1 aliphatic rings. The summed E-state index contributed by atoms with van der Waals surface area (Å²) in [5.41, 5.74) is 0.957. The minimum atomic E-state index is -2.87. The summed E-state index contributed by atoms with van der Waals surface area (Å²) in [6.45, 7) is 1.97. The van der Waals surface area contributed by atoms with Crippen LogP contribution in [0.15, 0.2) is 18.2 Å². The number of phenols is 1. The molecule has 0 radical (unpaired) electrons. The van der Waals surface area contributed by atoms with Gasteiger partial charge in [0.15, 0.2) is 21.3 Å². The van der Waals surface area contributed by atoms with Crippen molar-refractivity contribution in [3.8, 4) is 11.5 Å². The van der Waals surface area contributed by atoms with Crippen molar-refractivity contribution in [2.45, 2.75) is 25.4 Å². The molecule has 0 spiro atoms. The predicted molar refractivity (Wildman–Crippen MR) is 73.3 cm³/mol. The quantitative estimate of drug-likeness (QED) is 0.870. The first-order valence-electron chi connectivity index (χ1n) is 6.24. The van der Waals surface area contributed by atoms with Gasteiger partial charge in [-0.15, -0.1) is 0 Å². The van der Waals surface area contributed by atoms with Gasteiger partial charge in [0.1, 0.15) is 0 Å². The van der Waals surface area contributed by atoms with E-state index in [1.54, 1.807) is 18.2 Å². The monoisotopic (exact) mass is 285 g/mol. The van der Waals surface area contributed by atoms with Gasteiger partial charge in [0.2, 0.25) is 0 Å². The molecule has 0 saturated carbocycles. The smallest absolute Gasteiger partial charge is 0.160 e. The fourth-order valence-electron chi connectivity index (χ4n) is 2.34. The molecule has 1 aromatic rings. The summed E-state index contributed by atoms with van der Waals surface area (Å²) in [5.74, 6) is 0.982. The van der Waals surface area contributed by atoms with Gasteiger partial charge in [-0.2, -0.15) is 0 Å². The van der Waals surface area contributed by atoms with Crippen LogP contribution < -0.4 is 10.1 Å². The second kappa shape index (κ2) is 5.38. The number of aromatic hydroxyl groups is 1. The van der Waals surface area contributed by atoms with Crippen molar-refractivity contribution in [2.24, 2.45) is 0 Å². The van der Waals surface area contributed by atoms with Crippen LogP contribution in [0.5, 0.6) is 11.5 Å². The Balaban J connectivity index is 2.06. The molecule has 1 saturated heterocycles. The van der Waals surface area contributed by atoms with Gasteiger partial charge in [-0.05, 0) is 31.0 Å². The van der Waals surface area contributed by atoms with Crippen molar-refractivity contribution in [1.29, 1.82) is 0 Å². The van der Waals surface area contributed by atoms with E-state index in [1.165, 1.54) is 7.11 Å². The van der Waals surface area contributed by atoms with Crippen LogP contribution in [0.4, 0.5) is 0 Å². The second-order valence-corrected chi connectivity index (χ2v) is 7.15. The van der Waals surface area contributed by atoms with Crippen LogP contribution in [0.2, 0.25) is 0 Å². The van der Waals surface area contributed by atoms with E-state index in [0.717, 1.165) is 5.56 Å². The Morgan fingerprint density at radius 1 is 1.47 bits per heavy atom. The summed E-state index contributed by atoms with van der Waals surface area (Å²) in [5, 5.41) is 12.9. The molecule has 1 aliphatic heterocycles. The Kier molecular flexibility index (Phi) is 4.01. The van der Waals surface area contributed by atoms with E-state index in [4.69, 9.17) is 4.74 Å². The lowest BCUT2D eigenvalue weighted by atomic mass is 10.1. The molecule has 0 amide bonds. The van der Waals surface area contributed by atoms with Crippen LogP contribution in [0.25, 0.3) is 0 Å². The van der Waals surface area contributed by atoms with E-state index in [2.05, 4.69) is 5.32 Å². The van der Waals surface area contributed by atoms with Gasteiger partial charge in [-0.25, -0.2) is 8.42 Å². The Labute approximate surface area is 113 Å². The Morgan fingerprint density at radius 2 is 2.21 bits per heavy atom. The number of hydrogen-bond acceptors (Lipinski definition) is 5. The summed E-state index contributed by atoms with van der Waals surface area (Å²) in [7, 11) is -1.37. The maximum absolute atomic E-state index is 11.4. The Morgan fingerprint density at radius 3 is 2.79 bits per heavy atom. The average Bonchev–Trinajstić information content (AvgIpc) is 2.69. The summed E-state index contributed by atoms with van der Waals surface area (Å²) < 4.78 is 27.9. The molecule has 0 aliphatic carbocycles. The summed E-state index contributed by atoms with van der Waals surface area (Å²) in [6.07, 6.45) is 0.655. The largest absolute Gasteiger partial charge is 0.504 e. The SMILES string of the molecule is COc1cc(C(C)NC2CCS(=O)(=O)C2)ccc1O. The maximum Gasteiger partial charge on any atom is 0.160 e. The van der Waals surface area contributed by atoms with Gasteiger partial charge in [0.05, 0.1) is 18.6 Å². The summed E-state index contributed by atoms with van der Waals surface area (Å²) >= 11 is 0. The molecule has 2 atom stereocenters. The van der Waals surface area contributed by atoms with E-state index in [9.17, 15) is 13.5 Å². The lowest BCUT2D eigenvalue weighted by Crippen LogP contribution is -2.32. The third-order valence-corrected chi connectivity index (χ3v) is 5.19. The second-order valence-electron chi connectivity index (χ2n) is 4.92. The predicted octanol–water partition coefficient (Wildman–Crippen LogP) is 1.24. The first-order valence-corrected chi connectivity index (χ1v) is 8.07. The molecule has 2 rings (SSSR count). The highest BCUT2D eigenvalue weighted by atomic mass is 32.2. The topological polar surface area (TPSA) is 75.6 Å². The number of nitrogens with one attached hydrogen (secondary N) is 1. The molecule has 19 heavy (non-hydrogen) atoms. The van der Waals surface area contributed by atoms with Crippen LogP contribution in [-0.2, 0) is 9.84 Å². The molecule has 0 bridgehead atoms. The van der Waals surface area contributed by atoms with Crippen LogP contribution in [-0.4, -0.2) is 38.2 Å². The van der Waals surface area contributed by atoms with E-state index in [-0.39, 0.29) is 29.3 Å². The number of phenolic OH excluding ortho intramolecular Hbond substituents is 1. The van der Waals surface area contributed by atoms with Gasteiger partial charge in [-0.1, -0.05) is 6.07 Å². The van der Waals surface area contributed by atoms with Gasteiger partial charge >= 0.3 is 0 Å². The van der Waals surface area contributed by atoms with E-state index in [0.29, 0.717) is 12.2 Å². The molecular formula is C13H19NO4S. The zero-order valence-corrected chi connectivity index (χ0v) is 11.9. The van der Waals surface area contributed by atoms with E-state index in [1.807, 2.05) is 6.92 Å². The van der Waals surface area contributed by atoms with Crippen LogP contribution >= 0.6 is 0 Å². The number of methoxy groups -OCH3 is 1. The highest BCUT2D eigenvalue weighted by molar-refractivity contribution is 7.91. The van der Waals surface area contributed by atoms with Crippen molar-refractivity contribution in [2.75, 3.05) is 18.6 Å². The number of ether oxygens (including phenoxy) is 1. The van der Waals surface area contributed by atoms with Crippen LogP contribution in [0, 0.1) is 0 Å². The number of hydrogen-bond donors (Lipinski definition) is 2. The van der Waals surface area contributed by atoms with E-state index >= 15 is 0 Å². The number of rotatable bonds is 4. The molecule has 1 heterocycles. The van der Waals surface area contributed by atoms with E-state index < -0.39 is 9.84 Å². The first kappa shape index (κ1) is 14.1. The molecule has 2 unspecified atom stereocenters. The van der Waals surface area contributed by atoms with Crippen LogP contribution in [0.3, 0.4) is 0 Å². The lowest BCUT2D eigenvalue weighted by Gasteiger charge is -2.19. The standard InChI is InChI=1S/C13H19NO4S/c1-9(14-11-5-6-19(16,17)8-11)10-3-4-12(15)13(7-10)18-2/h3-4,7,9,11,14-15H,5-6,8H2,1-2H3. The minimum absolute atomic E-state index is 0.000187. The number of benzene rings is 1. The molecule has 5 nitrogen and oxygen atoms in total. The number of sulfone groups is 1.